The standard InChI is InChI=1S/C14H27N3O4/c1-6-15-11(18)10-16(7-2)13(21)17(14(3,4)5)9-8-12(19)20/h6-10H2,1-5H3,(H,15,18)(H,19,20). The molecule has 2 N–H and O–H groups in total. The van der Waals surface area contributed by atoms with Crippen molar-refractivity contribution >= 4 is 17.9 Å². The highest BCUT2D eigenvalue weighted by Gasteiger charge is 2.30. The van der Waals surface area contributed by atoms with Gasteiger partial charge in [0, 0.05) is 25.2 Å². The van der Waals surface area contributed by atoms with Crippen molar-refractivity contribution in [3.8, 4) is 0 Å². The van der Waals surface area contributed by atoms with E-state index in [2.05, 4.69) is 5.32 Å². The van der Waals surface area contributed by atoms with Crippen LogP contribution in [0.3, 0.4) is 0 Å². The van der Waals surface area contributed by atoms with E-state index < -0.39 is 11.5 Å². The largest absolute Gasteiger partial charge is 0.481 e. The summed E-state index contributed by atoms with van der Waals surface area (Å²) in [7, 11) is 0. The highest BCUT2D eigenvalue weighted by molar-refractivity contribution is 5.84. The van der Waals surface area contributed by atoms with Gasteiger partial charge in [0.25, 0.3) is 0 Å². The van der Waals surface area contributed by atoms with Gasteiger partial charge in [-0.3, -0.25) is 9.59 Å². The van der Waals surface area contributed by atoms with Gasteiger partial charge in [0.1, 0.15) is 6.54 Å². The first-order valence-electron chi connectivity index (χ1n) is 7.18. The van der Waals surface area contributed by atoms with Gasteiger partial charge in [-0.15, -0.1) is 0 Å². The third kappa shape index (κ3) is 6.97. The summed E-state index contributed by atoms with van der Waals surface area (Å²) >= 11 is 0. The van der Waals surface area contributed by atoms with Gasteiger partial charge in [-0.1, -0.05) is 0 Å². The van der Waals surface area contributed by atoms with E-state index in [1.807, 2.05) is 27.7 Å². The fourth-order valence-electron chi connectivity index (χ4n) is 1.84. The van der Waals surface area contributed by atoms with E-state index in [4.69, 9.17) is 5.11 Å². The number of amides is 3. The molecule has 0 aromatic carbocycles. The monoisotopic (exact) mass is 301 g/mol. The zero-order chi connectivity index (χ0) is 16.6. The Morgan fingerprint density at radius 3 is 2.10 bits per heavy atom. The van der Waals surface area contributed by atoms with Crippen LogP contribution in [0, 0.1) is 0 Å². The van der Waals surface area contributed by atoms with E-state index in [9.17, 15) is 14.4 Å². The van der Waals surface area contributed by atoms with Crippen LogP contribution in [0.5, 0.6) is 0 Å². The number of carbonyl (C=O) groups is 3. The van der Waals surface area contributed by atoms with Crippen molar-refractivity contribution in [3.63, 3.8) is 0 Å². The van der Waals surface area contributed by atoms with Crippen LogP contribution in [-0.2, 0) is 9.59 Å². The normalized spacial score (nSPS) is 10.9. The van der Waals surface area contributed by atoms with E-state index in [0.717, 1.165) is 0 Å². The SMILES string of the molecule is CCNC(=O)CN(CC)C(=O)N(CCC(=O)O)C(C)(C)C. The molecule has 0 unspecified atom stereocenters. The summed E-state index contributed by atoms with van der Waals surface area (Å²) in [6, 6.07) is -0.322. The van der Waals surface area contributed by atoms with Crippen LogP contribution in [0.2, 0.25) is 0 Å². The van der Waals surface area contributed by atoms with Crippen LogP contribution in [0.15, 0.2) is 0 Å². The van der Waals surface area contributed by atoms with Crippen LogP contribution < -0.4 is 5.32 Å². The van der Waals surface area contributed by atoms with Gasteiger partial charge in [0.05, 0.1) is 6.42 Å². The van der Waals surface area contributed by atoms with Crippen LogP contribution in [0.25, 0.3) is 0 Å². The minimum atomic E-state index is -0.955. The average Bonchev–Trinajstić information content (AvgIpc) is 2.34. The first-order chi connectivity index (χ1) is 9.63. The summed E-state index contributed by atoms with van der Waals surface area (Å²) < 4.78 is 0. The third-order valence-electron chi connectivity index (χ3n) is 2.95. The first-order valence-corrected chi connectivity index (χ1v) is 7.18. The number of rotatable bonds is 7. The molecule has 0 rings (SSSR count). The highest BCUT2D eigenvalue weighted by atomic mass is 16.4. The van der Waals surface area contributed by atoms with Crippen molar-refractivity contribution in [1.29, 1.82) is 0 Å². The van der Waals surface area contributed by atoms with E-state index >= 15 is 0 Å². The number of urea groups is 1. The molecule has 0 aliphatic heterocycles. The molecule has 0 aliphatic rings. The second-order valence-electron chi connectivity index (χ2n) is 5.72. The Hall–Kier alpha value is -1.79. The quantitative estimate of drug-likeness (QED) is 0.738. The number of likely N-dealkylation sites (N-methyl/N-ethyl adjacent to an activating group) is 2. The van der Waals surface area contributed by atoms with Gasteiger partial charge in [-0.25, -0.2) is 4.79 Å². The van der Waals surface area contributed by atoms with Crippen molar-refractivity contribution in [2.75, 3.05) is 26.2 Å². The molecule has 0 radical (unpaired) electrons. The predicted octanol–water partition coefficient (Wildman–Crippen LogP) is 1.14. The lowest BCUT2D eigenvalue weighted by Crippen LogP contribution is -2.54. The lowest BCUT2D eigenvalue weighted by molar-refractivity contribution is -0.137. The second-order valence-corrected chi connectivity index (χ2v) is 5.72. The number of carboxylic acid groups (broad SMARTS) is 1. The van der Waals surface area contributed by atoms with Crippen LogP contribution in [0.4, 0.5) is 4.79 Å². The summed E-state index contributed by atoms with van der Waals surface area (Å²) in [4.78, 5) is 37.8. The molecular formula is C14H27N3O4. The molecule has 7 heteroatoms. The fourth-order valence-corrected chi connectivity index (χ4v) is 1.84. The smallest absolute Gasteiger partial charge is 0.320 e. The summed E-state index contributed by atoms with van der Waals surface area (Å²) in [5, 5.41) is 11.5. The van der Waals surface area contributed by atoms with E-state index in [0.29, 0.717) is 13.1 Å². The van der Waals surface area contributed by atoms with Gasteiger partial charge < -0.3 is 20.2 Å². The Labute approximate surface area is 126 Å². The molecule has 0 aromatic rings. The molecule has 3 amide bonds. The number of carbonyl (C=O) groups excluding carboxylic acids is 2. The van der Waals surface area contributed by atoms with Gasteiger partial charge in [-0.05, 0) is 34.6 Å². The molecule has 0 saturated carbocycles. The molecule has 0 aliphatic carbocycles. The molecule has 0 saturated heterocycles. The van der Waals surface area contributed by atoms with Crippen molar-refractivity contribution in [2.24, 2.45) is 0 Å². The molecular weight excluding hydrogens is 274 g/mol. The number of aliphatic carboxylic acids is 1. The first kappa shape index (κ1) is 19.2. The fraction of sp³-hybridized carbons (Fsp3) is 0.786. The molecule has 0 fully saturated rings. The van der Waals surface area contributed by atoms with E-state index in [-0.39, 0.29) is 31.4 Å². The van der Waals surface area contributed by atoms with Gasteiger partial charge >= 0.3 is 12.0 Å². The summed E-state index contributed by atoms with van der Waals surface area (Å²) in [5.41, 5.74) is -0.513. The maximum absolute atomic E-state index is 12.6. The van der Waals surface area contributed by atoms with Crippen molar-refractivity contribution < 1.29 is 19.5 Å². The molecule has 122 valence electrons. The number of hydrogen-bond acceptors (Lipinski definition) is 3. The molecule has 0 heterocycles. The van der Waals surface area contributed by atoms with Crippen LogP contribution >= 0.6 is 0 Å². The number of nitrogens with one attached hydrogen (secondary N) is 1. The lowest BCUT2D eigenvalue weighted by atomic mass is 10.1. The number of nitrogens with zero attached hydrogens (tertiary/aromatic N) is 2. The second kappa shape index (κ2) is 8.49. The Balaban J connectivity index is 4.96. The molecule has 7 nitrogen and oxygen atoms in total. The maximum atomic E-state index is 12.6. The molecule has 0 spiro atoms. The molecule has 0 aromatic heterocycles. The number of hydrogen-bond donors (Lipinski definition) is 2. The minimum Gasteiger partial charge on any atom is -0.481 e. The van der Waals surface area contributed by atoms with Gasteiger partial charge in [-0.2, -0.15) is 0 Å². The van der Waals surface area contributed by atoms with E-state index in [1.165, 1.54) is 9.80 Å². The van der Waals surface area contributed by atoms with Crippen molar-refractivity contribution in [2.45, 2.75) is 46.6 Å². The Morgan fingerprint density at radius 1 is 1.14 bits per heavy atom. The maximum Gasteiger partial charge on any atom is 0.320 e. The molecule has 21 heavy (non-hydrogen) atoms. The molecule has 0 bridgehead atoms. The third-order valence-corrected chi connectivity index (χ3v) is 2.95. The predicted molar refractivity (Wildman–Crippen MR) is 80.0 cm³/mol. The topological polar surface area (TPSA) is 90.0 Å². The van der Waals surface area contributed by atoms with Gasteiger partial charge in [0.2, 0.25) is 5.91 Å². The minimum absolute atomic E-state index is 0.0250. The zero-order valence-corrected chi connectivity index (χ0v) is 13.6. The Bertz CT molecular complexity index is 377. The van der Waals surface area contributed by atoms with Crippen molar-refractivity contribution in [3.05, 3.63) is 0 Å². The van der Waals surface area contributed by atoms with Crippen LogP contribution in [-0.4, -0.2) is 64.5 Å². The average molecular weight is 301 g/mol. The molecule has 0 atom stereocenters. The van der Waals surface area contributed by atoms with Crippen LogP contribution in [0.1, 0.15) is 41.0 Å². The number of carboxylic acids is 1. The lowest BCUT2D eigenvalue weighted by Gasteiger charge is -2.38. The van der Waals surface area contributed by atoms with Gasteiger partial charge in [0.15, 0.2) is 0 Å². The Kier molecular flexibility index (Phi) is 7.76. The summed E-state index contributed by atoms with van der Waals surface area (Å²) in [6.07, 6.45) is -0.123. The zero-order valence-electron chi connectivity index (χ0n) is 13.6. The summed E-state index contributed by atoms with van der Waals surface area (Å²) in [6.45, 7) is 10.1. The van der Waals surface area contributed by atoms with E-state index in [1.54, 1.807) is 6.92 Å². The van der Waals surface area contributed by atoms with Crippen molar-refractivity contribution in [1.82, 2.24) is 15.1 Å². The highest BCUT2D eigenvalue weighted by Crippen LogP contribution is 2.16. The summed E-state index contributed by atoms with van der Waals surface area (Å²) in [5.74, 6) is -1.18. The Morgan fingerprint density at radius 2 is 1.71 bits per heavy atom.